The minimum atomic E-state index is -0.965. The normalized spacial score (nSPS) is 21.6. The molecule has 1 saturated carbocycles. The minimum absolute atomic E-state index is 0.170. The zero-order valence-electron chi connectivity index (χ0n) is 18.6. The van der Waals surface area contributed by atoms with Crippen molar-refractivity contribution < 1.29 is 24.3 Å². The second-order valence-corrected chi connectivity index (χ2v) is 8.24. The molecule has 31 heavy (non-hydrogen) atoms. The third-order valence-corrected chi connectivity index (χ3v) is 5.20. The van der Waals surface area contributed by atoms with Crippen LogP contribution in [0.15, 0.2) is 29.4 Å². The first-order valence-electron chi connectivity index (χ1n) is 10.4. The van der Waals surface area contributed by atoms with Crippen LogP contribution >= 0.6 is 0 Å². The molecule has 1 aliphatic carbocycles. The standard InChI is InChI=1S/C8H6N2O2.C7H12N2O2.C7H14O/c11-8(12)6-4-5-2-1-3-9-7(5)10-6;1-5-3-6(5)7(8-2)9-11-4-10;1-7(2)5-3-4-6-8-7/h1-4H,(H,9,10)(H,11,12);4-6H,3H2,1-2H3,(H,8,9);3-6H2,1-2H3. The number of aromatic amines is 1. The summed E-state index contributed by atoms with van der Waals surface area (Å²) in [5.74, 6) is 0.925. The smallest absolute Gasteiger partial charge is 0.352 e. The molecule has 0 spiro atoms. The number of aliphatic imine (C=N–C) groups is 1. The van der Waals surface area contributed by atoms with Gasteiger partial charge in [0.15, 0.2) is 0 Å². The molecular formula is C22H32N4O5. The molecule has 4 rings (SSSR count). The summed E-state index contributed by atoms with van der Waals surface area (Å²) in [6, 6.07) is 5.14. The summed E-state index contributed by atoms with van der Waals surface area (Å²) >= 11 is 0. The van der Waals surface area contributed by atoms with Crippen LogP contribution in [-0.4, -0.2) is 52.6 Å². The summed E-state index contributed by atoms with van der Waals surface area (Å²) < 4.78 is 5.47. The van der Waals surface area contributed by atoms with E-state index >= 15 is 0 Å². The average molecular weight is 433 g/mol. The first-order chi connectivity index (χ1) is 14.8. The number of rotatable bonds is 4. The molecule has 2 aromatic heterocycles. The Morgan fingerprint density at radius 2 is 2.19 bits per heavy atom. The van der Waals surface area contributed by atoms with E-state index < -0.39 is 5.97 Å². The zero-order chi connectivity index (χ0) is 22.9. The highest BCUT2D eigenvalue weighted by atomic mass is 16.7. The lowest BCUT2D eigenvalue weighted by Gasteiger charge is -2.29. The number of amidine groups is 1. The topological polar surface area (TPSA) is 126 Å². The van der Waals surface area contributed by atoms with Crippen molar-refractivity contribution >= 4 is 29.3 Å². The Kier molecular flexibility index (Phi) is 8.99. The van der Waals surface area contributed by atoms with Crippen molar-refractivity contribution in [2.45, 2.75) is 52.1 Å². The molecular weight excluding hydrogens is 400 g/mol. The van der Waals surface area contributed by atoms with Crippen molar-refractivity contribution in [3.8, 4) is 0 Å². The van der Waals surface area contributed by atoms with Crippen LogP contribution in [0.3, 0.4) is 0 Å². The Hall–Kier alpha value is -2.94. The van der Waals surface area contributed by atoms with Crippen molar-refractivity contribution in [3.63, 3.8) is 0 Å². The van der Waals surface area contributed by atoms with Crippen molar-refractivity contribution in [1.29, 1.82) is 0 Å². The molecule has 2 fully saturated rings. The van der Waals surface area contributed by atoms with E-state index in [1.54, 1.807) is 25.4 Å². The van der Waals surface area contributed by atoms with E-state index in [-0.39, 0.29) is 11.3 Å². The molecule has 2 unspecified atom stereocenters. The van der Waals surface area contributed by atoms with E-state index in [9.17, 15) is 9.59 Å². The molecule has 9 nitrogen and oxygen atoms in total. The first kappa shape index (κ1) is 24.3. The maximum Gasteiger partial charge on any atom is 0.352 e. The minimum Gasteiger partial charge on any atom is -0.477 e. The summed E-state index contributed by atoms with van der Waals surface area (Å²) in [6.07, 6.45) is 6.57. The molecule has 2 atom stereocenters. The first-order valence-corrected chi connectivity index (χ1v) is 10.4. The number of fused-ring (bicyclic) bond motifs is 1. The Labute approximate surface area is 182 Å². The molecule has 170 valence electrons. The Bertz CT molecular complexity index is 852. The number of carboxylic acids is 1. The largest absolute Gasteiger partial charge is 0.477 e. The highest BCUT2D eigenvalue weighted by Crippen LogP contribution is 2.38. The fourth-order valence-corrected chi connectivity index (χ4v) is 3.22. The molecule has 3 N–H and O–H groups in total. The van der Waals surface area contributed by atoms with Crippen LogP contribution in [0.1, 0.15) is 56.9 Å². The second kappa shape index (κ2) is 11.5. The zero-order valence-corrected chi connectivity index (χ0v) is 18.6. The molecule has 0 radical (unpaired) electrons. The lowest BCUT2D eigenvalue weighted by Crippen LogP contribution is -2.28. The maximum absolute atomic E-state index is 10.5. The number of carbonyl (C=O) groups excluding carboxylic acids is 1. The number of carboxylic acid groups (broad SMARTS) is 1. The summed E-state index contributed by atoms with van der Waals surface area (Å²) in [4.78, 5) is 35.3. The molecule has 2 aromatic rings. The third kappa shape index (κ3) is 8.01. The number of nitrogens with one attached hydrogen (secondary N) is 2. The van der Waals surface area contributed by atoms with E-state index in [2.05, 4.69) is 46.0 Å². The number of hydrogen-bond donors (Lipinski definition) is 3. The third-order valence-electron chi connectivity index (χ3n) is 5.20. The van der Waals surface area contributed by atoms with E-state index in [0.29, 0.717) is 24.0 Å². The van der Waals surface area contributed by atoms with Gasteiger partial charge in [-0.2, -0.15) is 0 Å². The lowest BCUT2D eigenvalue weighted by molar-refractivity contribution is -0.132. The highest BCUT2D eigenvalue weighted by Gasteiger charge is 2.37. The molecule has 2 aliphatic rings. The number of hydroxylamine groups is 1. The number of aromatic carboxylic acids is 1. The Morgan fingerprint density at radius 3 is 2.65 bits per heavy atom. The van der Waals surface area contributed by atoms with Gasteiger partial charge in [0, 0.05) is 31.2 Å². The maximum atomic E-state index is 10.5. The molecule has 3 heterocycles. The van der Waals surface area contributed by atoms with Crippen molar-refractivity contribution in [2.24, 2.45) is 16.8 Å². The summed E-state index contributed by atoms with van der Waals surface area (Å²) in [6.45, 7) is 7.78. The Morgan fingerprint density at radius 1 is 1.45 bits per heavy atom. The number of hydrogen-bond acceptors (Lipinski definition) is 6. The SMILES string of the molecule is CC1(C)CCCCO1.CN=C(NOC=O)C1CC1C.O=C(O)c1cc2cccnc2[nH]1. The van der Waals surface area contributed by atoms with Gasteiger partial charge in [0.25, 0.3) is 0 Å². The van der Waals surface area contributed by atoms with Gasteiger partial charge in [-0.05, 0) is 63.6 Å². The summed E-state index contributed by atoms with van der Waals surface area (Å²) in [7, 11) is 1.68. The van der Waals surface area contributed by atoms with Gasteiger partial charge in [0.05, 0.1) is 5.60 Å². The van der Waals surface area contributed by atoms with Gasteiger partial charge in [-0.3, -0.25) is 9.79 Å². The van der Waals surface area contributed by atoms with Gasteiger partial charge in [-0.1, -0.05) is 6.92 Å². The quantitative estimate of drug-likeness (QED) is 0.292. The highest BCUT2D eigenvalue weighted by molar-refractivity contribution is 5.92. The van der Waals surface area contributed by atoms with Gasteiger partial charge in [0.1, 0.15) is 17.2 Å². The van der Waals surface area contributed by atoms with Crippen LogP contribution in [0.4, 0.5) is 0 Å². The van der Waals surface area contributed by atoms with E-state index in [1.165, 1.54) is 19.3 Å². The molecule has 0 bridgehead atoms. The van der Waals surface area contributed by atoms with Gasteiger partial charge in [-0.15, -0.1) is 0 Å². The van der Waals surface area contributed by atoms with Crippen LogP contribution in [0.2, 0.25) is 0 Å². The molecule has 0 aromatic carbocycles. The fourth-order valence-electron chi connectivity index (χ4n) is 3.22. The van der Waals surface area contributed by atoms with E-state index in [0.717, 1.165) is 24.2 Å². The number of nitrogens with zero attached hydrogens (tertiary/aromatic N) is 2. The van der Waals surface area contributed by atoms with Crippen LogP contribution < -0.4 is 5.48 Å². The predicted octanol–water partition coefficient (Wildman–Crippen LogP) is 3.57. The van der Waals surface area contributed by atoms with Gasteiger partial charge >= 0.3 is 12.4 Å². The van der Waals surface area contributed by atoms with Gasteiger partial charge < -0.3 is 19.7 Å². The van der Waals surface area contributed by atoms with E-state index in [4.69, 9.17) is 9.84 Å². The number of pyridine rings is 1. The number of carbonyl (C=O) groups is 2. The van der Waals surface area contributed by atoms with Crippen LogP contribution in [0, 0.1) is 11.8 Å². The predicted molar refractivity (Wildman–Crippen MR) is 118 cm³/mol. The second-order valence-electron chi connectivity index (χ2n) is 8.24. The van der Waals surface area contributed by atoms with Crippen molar-refractivity contribution in [2.75, 3.05) is 13.7 Å². The summed E-state index contributed by atoms with van der Waals surface area (Å²) in [5.41, 5.74) is 3.45. The molecule has 9 heteroatoms. The Balaban J connectivity index is 0.000000169. The molecule has 1 aliphatic heterocycles. The number of ether oxygens (including phenoxy) is 1. The van der Waals surface area contributed by atoms with Crippen molar-refractivity contribution in [1.82, 2.24) is 15.4 Å². The van der Waals surface area contributed by atoms with Gasteiger partial charge in [-0.25, -0.2) is 15.3 Å². The molecule has 1 saturated heterocycles. The van der Waals surface area contributed by atoms with Crippen LogP contribution in [0.5, 0.6) is 0 Å². The lowest BCUT2D eigenvalue weighted by atomic mass is 9.99. The van der Waals surface area contributed by atoms with Crippen molar-refractivity contribution in [3.05, 3.63) is 30.1 Å². The average Bonchev–Trinajstić information content (AvgIpc) is 3.29. The fraction of sp³-hybridized carbons (Fsp3) is 0.545. The number of H-pyrrole nitrogens is 1. The molecule has 0 amide bonds. The van der Waals surface area contributed by atoms with Crippen LogP contribution in [-0.2, 0) is 14.4 Å². The van der Waals surface area contributed by atoms with Gasteiger partial charge in [0.2, 0.25) is 0 Å². The number of aromatic nitrogens is 2. The van der Waals surface area contributed by atoms with Crippen LogP contribution in [0.25, 0.3) is 11.0 Å². The monoisotopic (exact) mass is 432 g/mol. The summed E-state index contributed by atoms with van der Waals surface area (Å²) in [5, 5.41) is 9.44. The van der Waals surface area contributed by atoms with E-state index in [1.807, 2.05) is 6.07 Å².